The largest absolute Gasteiger partial charge is 0.497 e. The molecule has 1 heterocycles. The summed E-state index contributed by atoms with van der Waals surface area (Å²) in [6.07, 6.45) is -4.39. The number of nitrogens with zero attached hydrogens (tertiary/aromatic N) is 1. The van der Waals surface area contributed by atoms with Crippen LogP contribution in [0.5, 0.6) is 11.5 Å². The Morgan fingerprint density at radius 2 is 1.78 bits per heavy atom. The van der Waals surface area contributed by atoms with Crippen LogP contribution in [0.3, 0.4) is 0 Å². The first kappa shape index (κ1) is 15.2. The van der Waals surface area contributed by atoms with Crippen LogP contribution in [-0.2, 0) is 6.18 Å². The number of nitrogens with one attached hydrogen (secondary N) is 1. The van der Waals surface area contributed by atoms with Crippen molar-refractivity contribution in [3.05, 3.63) is 42.0 Å². The zero-order chi connectivity index (χ0) is 16.6. The second-order valence-corrected chi connectivity index (χ2v) is 4.88. The number of halogens is 3. The summed E-state index contributed by atoms with van der Waals surface area (Å²) in [6, 6.07) is 8.55. The lowest BCUT2D eigenvalue weighted by Gasteiger charge is -2.08. The Balaban J connectivity index is 2.10. The molecule has 3 aromatic rings. The number of hydrogen-bond donors (Lipinski definition) is 1. The molecule has 0 atom stereocenters. The third-order valence-corrected chi connectivity index (χ3v) is 3.47. The smallest absolute Gasteiger partial charge is 0.416 e. The fraction of sp³-hybridized carbons (Fsp3) is 0.188. The van der Waals surface area contributed by atoms with Crippen LogP contribution in [0, 0.1) is 0 Å². The fourth-order valence-electron chi connectivity index (χ4n) is 2.31. The normalized spacial score (nSPS) is 11.7. The third-order valence-electron chi connectivity index (χ3n) is 3.47. The van der Waals surface area contributed by atoms with Crippen LogP contribution < -0.4 is 9.47 Å². The van der Waals surface area contributed by atoms with Crippen LogP contribution in [0.1, 0.15) is 5.56 Å². The molecule has 0 aliphatic carbocycles. The van der Waals surface area contributed by atoms with Gasteiger partial charge in [0.05, 0.1) is 36.4 Å². The van der Waals surface area contributed by atoms with E-state index in [2.05, 4.69) is 9.97 Å². The van der Waals surface area contributed by atoms with Crippen molar-refractivity contribution in [1.82, 2.24) is 9.97 Å². The maximum Gasteiger partial charge on any atom is 0.416 e. The summed E-state index contributed by atoms with van der Waals surface area (Å²) in [7, 11) is 3.04. The highest BCUT2D eigenvalue weighted by Gasteiger charge is 2.30. The van der Waals surface area contributed by atoms with E-state index in [4.69, 9.17) is 9.47 Å². The van der Waals surface area contributed by atoms with Gasteiger partial charge < -0.3 is 14.5 Å². The average Bonchev–Trinajstić information content (AvgIpc) is 2.96. The van der Waals surface area contributed by atoms with Gasteiger partial charge in [0.15, 0.2) is 0 Å². The van der Waals surface area contributed by atoms with Crippen molar-refractivity contribution in [3.8, 4) is 22.9 Å². The zero-order valence-corrected chi connectivity index (χ0v) is 12.4. The Bertz CT molecular complexity index is 856. The molecule has 0 radical (unpaired) electrons. The van der Waals surface area contributed by atoms with Crippen molar-refractivity contribution in [2.24, 2.45) is 0 Å². The predicted molar refractivity (Wildman–Crippen MR) is 79.6 cm³/mol. The molecule has 1 aromatic heterocycles. The fourth-order valence-corrected chi connectivity index (χ4v) is 2.31. The van der Waals surface area contributed by atoms with Crippen LogP contribution in [0.25, 0.3) is 22.4 Å². The molecule has 120 valence electrons. The lowest BCUT2D eigenvalue weighted by atomic mass is 10.2. The molecule has 0 spiro atoms. The quantitative estimate of drug-likeness (QED) is 0.783. The maximum atomic E-state index is 12.8. The van der Waals surface area contributed by atoms with Crippen molar-refractivity contribution >= 4 is 11.0 Å². The first-order valence-corrected chi connectivity index (χ1v) is 6.71. The first-order chi connectivity index (χ1) is 10.9. The van der Waals surface area contributed by atoms with Gasteiger partial charge in [0, 0.05) is 6.07 Å². The molecule has 0 amide bonds. The molecular weight excluding hydrogens is 309 g/mol. The molecule has 2 aromatic carbocycles. The highest BCUT2D eigenvalue weighted by molar-refractivity contribution is 5.81. The molecule has 23 heavy (non-hydrogen) atoms. The molecule has 0 saturated heterocycles. The number of alkyl halides is 3. The van der Waals surface area contributed by atoms with Crippen molar-refractivity contribution in [3.63, 3.8) is 0 Å². The standard InChI is InChI=1S/C16H13F3N2O2/c1-22-10-4-5-11(14(8-10)23-2)15-20-12-6-3-9(16(17,18)19)7-13(12)21-15/h3-8H,1-2H3,(H,20,21). The van der Waals surface area contributed by atoms with E-state index in [9.17, 15) is 13.2 Å². The lowest BCUT2D eigenvalue weighted by molar-refractivity contribution is -0.137. The molecular formula is C16H13F3N2O2. The molecule has 7 heteroatoms. The summed E-state index contributed by atoms with van der Waals surface area (Å²) in [5, 5.41) is 0. The monoisotopic (exact) mass is 322 g/mol. The van der Waals surface area contributed by atoms with Crippen molar-refractivity contribution in [2.45, 2.75) is 6.18 Å². The summed E-state index contributed by atoms with van der Waals surface area (Å²) in [5.74, 6) is 1.55. The number of rotatable bonds is 3. The molecule has 0 fully saturated rings. The van der Waals surface area contributed by atoms with Crippen LogP contribution in [0.2, 0.25) is 0 Å². The summed E-state index contributed by atoms with van der Waals surface area (Å²) in [4.78, 5) is 7.23. The lowest BCUT2D eigenvalue weighted by Crippen LogP contribution is -2.04. The van der Waals surface area contributed by atoms with E-state index in [-0.39, 0.29) is 0 Å². The molecule has 4 nitrogen and oxygen atoms in total. The number of aromatic amines is 1. The summed E-state index contributed by atoms with van der Waals surface area (Å²) < 4.78 is 48.8. The van der Waals surface area contributed by atoms with Gasteiger partial charge in [0.2, 0.25) is 0 Å². The second-order valence-electron chi connectivity index (χ2n) is 4.88. The number of ether oxygens (including phenoxy) is 2. The topological polar surface area (TPSA) is 47.1 Å². The Morgan fingerprint density at radius 1 is 1.00 bits per heavy atom. The number of methoxy groups -OCH3 is 2. The minimum atomic E-state index is -4.39. The summed E-state index contributed by atoms with van der Waals surface area (Å²) in [5.41, 5.74) is 0.679. The Kier molecular flexibility index (Phi) is 3.63. The van der Waals surface area contributed by atoms with Gasteiger partial charge in [0.25, 0.3) is 0 Å². The first-order valence-electron chi connectivity index (χ1n) is 6.71. The van der Waals surface area contributed by atoms with Gasteiger partial charge in [0.1, 0.15) is 17.3 Å². The Labute approximate surface area is 129 Å². The van der Waals surface area contributed by atoms with Gasteiger partial charge in [-0.25, -0.2) is 4.98 Å². The summed E-state index contributed by atoms with van der Waals surface area (Å²) >= 11 is 0. The number of benzene rings is 2. The molecule has 3 rings (SSSR count). The molecule has 0 saturated carbocycles. The number of imidazole rings is 1. The van der Waals surface area contributed by atoms with E-state index in [1.165, 1.54) is 20.3 Å². The van der Waals surface area contributed by atoms with Gasteiger partial charge in [-0.15, -0.1) is 0 Å². The Morgan fingerprint density at radius 3 is 2.43 bits per heavy atom. The van der Waals surface area contributed by atoms with Gasteiger partial charge in [-0.3, -0.25) is 0 Å². The van der Waals surface area contributed by atoms with E-state index in [1.54, 1.807) is 18.2 Å². The van der Waals surface area contributed by atoms with Crippen LogP contribution >= 0.6 is 0 Å². The van der Waals surface area contributed by atoms with Gasteiger partial charge >= 0.3 is 6.18 Å². The SMILES string of the molecule is COc1ccc(-c2nc3ccc(C(F)(F)F)cc3[nH]2)c(OC)c1. The number of aromatic nitrogens is 2. The summed E-state index contributed by atoms with van der Waals surface area (Å²) in [6.45, 7) is 0. The number of fused-ring (bicyclic) bond motifs is 1. The third kappa shape index (κ3) is 2.81. The van der Waals surface area contributed by atoms with Gasteiger partial charge in [-0.05, 0) is 30.3 Å². The van der Waals surface area contributed by atoms with E-state index in [0.717, 1.165) is 12.1 Å². The van der Waals surface area contributed by atoms with Crippen LogP contribution in [0.15, 0.2) is 36.4 Å². The van der Waals surface area contributed by atoms with Gasteiger partial charge in [-0.1, -0.05) is 0 Å². The Hall–Kier alpha value is -2.70. The maximum absolute atomic E-state index is 12.8. The average molecular weight is 322 g/mol. The van der Waals surface area contributed by atoms with Crippen LogP contribution in [0.4, 0.5) is 13.2 Å². The van der Waals surface area contributed by atoms with E-state index >= 15 is 0 Å². The number of hydrogen-bond acceptors (Lipinski definition) is 3. The number of H-pyrrole nitrogens is 1. The predicted octanol–water partition coefficient (Wildman–Crippen LogP) is 4.27. The van der Waals surface area contributed by atoms with Crippen molar-refractivity contribution < 1.29 is 22.6 Å². The van der Waals surface area contributed by atoms with E-state index in [1.807, 2.05) is 0 Å². The van der Waals surface area contributed by atoms with Crippen molar-refractivity contribution in [1.29, 1.82) is 0 Å². The molecule has 0 aliphatic heterocycles. The van der Waals surface area contributed by atoms with E-state index in [0.29, 0.717) is 33.9 Å². The minimum Gasteiger partial charge on any atom is -0.497 e. The second kappa shape index (κ2) is 5.49. The van der Waals surface area contributed by atoms with Gasteiger partial charge in [-0.2, -0.15) is 13.2 Å². The molecule has 0 unspecified atom stereocenters. The molecule has 0 bridgehead atoms. The van der Waals surface area contributed by atoms with Crippen molar-refractivity contribution in [2.75, 3.05) is 14.2 Å². The van der Waals surface area contributed by atoms with E-state index < -0.39 is 11.7 Å². The minimum absolute atomic E-state index is 0.313. The van der Waals surface area contributed by atoms with Crippen LogP contribution in [-0.4, -0.2) is 24.2 Å². The molecule has 0 aliphatic rings. The molecule has 1 N–H and O–H groups in total. The highest BCUT2D eigenvalue weighted by Crippen LogP contribution is 2.34. The highest BCUT2D eigenvalue weighted by atomic mass is 19.4. The zero-order valence-electron chi connectivity index (χ0n) is 12.4.